The molecule has 0 aromatic rings. The minimum atomic E-state index is -1.07. The van der Waals surface area contributed by atoms with Crippen LogP contribution in [0.25, 0.3) is 0 Å². The highest BCUT2D eigenvalue weighted by Gasteiger charge is 2.46. The molecule has 0 bridgehead atoms. The smallest absolute Gasteiger partial charge is 0.242 e. The standard InChI is InChI=1S/C10H24N3O3Si/c1-5-6-9(11,17)10(14-2,15-3)12-7-8-13-16-4/h12-13H,5-8,11H2,1-4H3. The van der Waals surface area contributed by atoms with E-state index in [-0.39, 0.29) is 0 Å². The molecule has 0 heterocycles. The zero-order valence-electron chi connectivity index (χ0n) is 11.1. The predicted molar refractivity (Wildman–Crippen MR) is 67.3 cm³/mol. The van der Waals surface area contributed by atoms with Gasteiger partial charge in [0.25, 0.3) is 0 Å². The van der Waals surface area contributed by atoms with E-state index in [9.17, 15) is 0 Å². The van der Waals surface area contributed by atoms with E-state index in [0.717, 1.165) is 6.42 Å². The van der Waals surface area contributed by atoms with Gasteiger partial charge >= 0.3 is 0 Å². The lowest BCUT2D eigenvalue weighted by Crippen LogP contribution is -2.70. The molecule has 6 nitrogen and oxygen atoms in total. The highest BCUT2D eigenvalue weighted by Crippen LogP contribution is 2.23. The summed E-state index contributed by atoms with van der Waals surface area (Å²) in [4.78, 5) is 4.74. The van der Waals surface area contributed by atoms with Crippen LogP contribution in [0.15, 0.2) is 0 Å². The maximum absolute atomic E-state index is 6.19. The molecule has 1 atom stereocenters. The van der Waals surface area contributed by atoms with Crippen molar-refractivity contribution in [1.29, 1.82) is 0 Å². The molecule has 0 rings (SSSR count). The Kier molecular flexibility index (Phi) is 8.13. The number of hydrogen-bond acceptors (Lipinski definition) is 6. The Hall–Kier alpha value is -0.0231. The minimum absolute atomic E-state index is 0.586. The van der Waals surface area contributed by atoms with E-state index in [4.69, 9.17) is 20.0 Å². The van der Waals surface area contributed by atoms with Crippen molar-refractivity contribution in [3.63, 3.8) is 0 Å². The van der Waals surface area contributed by atoms with Crippen LogP contribution in [-0.4, -0.2) is 55.7 Å². The molecule has 7 heteroatoms. The van der Waals surface area contributed by atoms with Crippen LogP contribution in [0.2, 0.25) is 0 Å². The van der Waals surface area contributed by atoms with Crippen LogP contribution in [0.5, 0.6) is 0 Å². The first-order valence-corrected chi connectivity index (χ1v) is 6.14. The van der Waals surface area contributed by atoms with Gasteiger partial charge in [-0.2, -0.15) is 0 Å². The Morgan fingerprint density at radius 3 is 2.18 bits per heavy atom. The van der Waals surface area contributed by atoms with Gasteiger partial charge in [0.2, 0.25) is 5.91 Å². The van der Waals surface area contributed by atoms with E-state index in [1.165, 1.54) is 0 Å². The maximum Gasteiger partial charge on any atom is 0.242 e. The van der Waals surface area contributed by atoms with Crippen LogP contribution in [0, 0.1) is 0 Å². The van der Waals surface area contributed by atoms with Crippen molar-refractivity contribution in [2.45, 2.75) is 30.8 Å². The Labute approximate surface area is 107 Å². The molecule has 0 aliphatic carbocycles. The highest BCUT2D eigenvalue weighted by atomic mass is 28.1. The molecule has 3 radical (unpaired) electrons. The van der Waals surface area contributed by atoms with Crippen molar-refractivity contribution >= 4 is 10.2 Å². The normalized spacial score (nSPS) is 15.9. The van der Waals surface area contributed by atoms with Crippen LogP contribution in [-0.2, 0) is 14.3 Å². The van der Waals surface area contributed by atoms with Crippen molar-refractivity contribution in [2.24, 2.45) is 5.73 Å². The van der Waals surface area contributed by atoms with Crippen LogP contribution < -0.4 is 16.5 Å². The fourth-order valence-corrected chi connectivity index (χ4v) is 2.23. The Morgan fingerprint density at radius 2 is 1.76 bits per heavy atom. The molecular formula is C10H24N3O3Si. The molecule has 4 N–H and O–H groups in total. The molecule has 17 heavy (non-hydrogen) atoms. The van der Waals surface area contributed by atoms with E-state index in [0.29, 0.717) is 19.5 Å². The lowest BCUT2D eigenvalue weighted by atomic mass is 10.1. The molecule has 101 valence electrons. The number of rotatable bonds is 10. The zero-order valence-corrected chi connectivity index (χ0v) is 12.1. The lowest BCUT2D eigenvalue weighted by molar-refractivity contribution is -0.251. The van der Waals surface area contributed by atoms with E-state index < -0.39 is 11.1 Å². The van der Waals surface area contributed by atoms with Crippen molar-refractivity contribution in [1.82, 2.24) is 10.8 Å². The van der Waals surface area contributed by atoms with Crippen LogP contribution in [0.4, 0.5) is 0 Å². The summed E-state index contributed by atoms with van der Waals surface area (Å²) in [5, 5.41) is 2.32. The number of hydrogen-bond donors (Lipinski definition) is 3. The Bertz CT molecular complexity index is 201. The van der Waals surface area contributed by atoms with Gasteiger partial charge in [0.15, 0.2) is 0 Å². The van der Waals surface area contributed by atoms with E-state index in [2.05, 4.69) is 21.0 Å². The highest BCUT2D eigenvalue weighted by molar-refractivity contribution is 6.15. The number of hydroxylamine groups is 1. The number of methoxy groups -OCH3 is 2. The molecule has 1 unspecified atom stereocenters. The second kappa shape index (κ2) is 8.14. The SMILES string of the molecule is CCCC(N)([Si])C(NCCNOC)(OC)OC. The van der Waals surface area contributed by atoms with Gasteiger partial charge in [-0.1, -0.05) is 13.3 Å². The first-order valence-electron chi connectivity index (χ1n) is 5.64. The molecule has 0 spiro atoms. The van der Waals surface area contributed by atoms with E-state index in [1.54, 1.807) is 21.3 Å². The van der Waals surface area contributed by atoms with Crippen molar-refractivity contribution in [2.75, 3.05) is 34.4 Å². The van der Waals surface area contributed by atoms with Crippen LogP contribution >= 0.6 is 0 Å². The third-order valence-electron chi connectivity index (χ3n) is 2.54. The topological polar surface area (TPSA) is 77.8 Å². The lowest BCUT2D eigenvalue weighted by Gasteiger charge is -2.44. The summed E-state index contributed by atoms with van der Waals surface area (Å²) in [6.07, 6.45) is 1.61. The first kappa shape index (κ1) is 17.0. The van der Waals surface area contributed by atoms with Gasteiger partial charge < -0.3 is 20.0 Å². The summed E-state index contributed by atoms with van der Waals surface area (Å²) < 4.78 is 10.8. The summed E-state index contributed by atoms with van der Waals surface area (Å²) in [6, 6.07) is 0. The molecule has 0 amide bonds. The maximum atomic E-state index is 6.19. The average molecular weight is 262 g/mol. The third kappa shape index (κ3) is 4.63. The molecule has 0 aromatic carbocycles. The van der Waals surface area contributed by atoms with E-state index in [1.807, 2.05) is 6.92 Å². The number of nitrogens with one attached hydrogen (secondary N) is 2. The van der Waals surface area contributed by atoms with Gasteiger partial charge in [-0.25, -0.2) is 5.48 Å². The van der Waals surface area contributed by atoms with Crippen molar-refractivity contribution < 1.29 is 14.3 Å². The second-order valence-corrected chi connectivity index (χ2v) is 4.66. The Morgan fingerprint density at radius 1 is 1.18 bits per heavy atom. The molecule has 0 aliphatic heterocycles. The zero-order chi connectivity index (χ0) is 13.4. The molecule has 0 saturated heterocycles. The molecule has 0 aliphatic rings. The molecule has 0 saturated carbocycles. The Balaban J connectivity index is 4.53. The largest absolute Gasteiger partial charge is 0.340 e. The van der Waals surface area contributed by atoms with Gasteiger partial charge in [-0.3, -0.25) is 5.32 Å². The summed E-state index contributed by atoms with van der Waals surface area (Å²) in [5.74, 6) is -1.07. The predicted octanol–water partition coefficient (Wildman–Crippen LogP) is -0.703. The van der Waals surface area contributed by atoms with Gasteiger partial charge in [-0.15, -0.1) is 0 Å². The van der Waals surface area contributed by atoms with Gasteiger partial charge in [0.05, 0.1) is 22.5 Å². The van der Waals surface area contributed by atoms with Crippen LogP contribution in [0.3, 0.4) is 0 Å². The fraction of sp³-hybridized carbons (Fsp3) is 1.00. The van der Waals surface area contributed by atoms with Gasteiger partial charge in [0.1, 0.15) is 0 Å². The third-order valence-corrected chi connectivity index (χ3v) is 3.11. The number of ether oxygens (including phenoxy) is 2. The summed E-state index contributed by atoms with van der Waals surface area (Å²) in [5.41, 5.74) is 8.91. The van der Waals surface area contributed by atoms with Gasteiger partial charge in [0, 0.05) is 27.3 Å². The quantitative estimate of drug-likeness (QED) is 0.209. The summed E-state index contributed by atoms with van der Waals surface area (Å²) in [7, 11) is 8.20. The number of nitrogens with two attached hydrogens (primary N) is 1. The second-order valence-electron chi connectivity index (χ2n) is 3.77. The van der Waals surface area contributed by atoms with Crippen LogP contribution in [0.1, 0.15) is 19.8 Å². The van der Waals surface area contributed by atoms with Crippen molar-refractivity contribution in [3.05, 3.63) is 0 Å². The first-order chi connectivity index (χ1) is 7.99. The monoisotopic (exact) mass is 262 g/mol. The molecule has 0 aromatic heterocycles. The minimum Gasteiger partial charge on any atom is -0.340 e. The summed E-state index contributed by atoms with van der Waals surface area (Å²) >= 11 is 0. The van der Waals surface area contributed by atoms with E-state index >= 15 is 0 Å². The molecular weight excluding hydrogens is 238 g/mol. The van der Waals surface area contributed by atoms with Gasteiger partial charge in [-0.05, 0) is 6.42 Å². The molecule has 0 fully saturated rings. The summed E-state index contributed by atoms with van der Waals surface area (Å²) in [6.45, 7) is 3.24. The average Bonchev–Trinajstić information content (AvgIpc) is 2.29. The van der Waals surface area contributed by atoms with Crippen molar-refractivity contribution in [3.8, 4) is 0 Å². The fourth-order valence-electron chi connectivity index (χ4n) is 1.69.